The molecule has 2 aliphatic carbocycles. The van der Waals surface area contributed by atoms with Crippen LogP contribution in [0.1, 0.15) is 47.6 Å². The van der Waals surface area contributed by atoms with Crippen LogP contribution in [0.4, 0.5) is 0 Å². The van der Waals surface area contributed by atoms with Crippen molar-refractivity contribution < 1.29 is 0 Å². The molecule has 94 valence electrons. The molecule has 5 heteroatoms. The van der Waals surface area contributed by atoms with Crippen LogP contribution in [0.2, 0.25) is 0 Å². The number of hydrogen-bond acceptors (Lipinski definition) is 4. The molecule has 4 rings (SSSR count). The number of rotatable bonds is 2. The van der Waals surface area contributed by atoms with Crippen LogP contribution < -0.4 is 0 Å². The second-order valence-corrected chi connectivity index (χ2v) is 6.64. The summed E-state index contributed by atoms with van der Waals surface area (Å²) in [4.78, 5) is 1.64. The lowest BCUT2D eigenvalue weighted by Gasteiger charge is -2.14. The molecule has 0 saturated heterocycles. The van der Waals surface area contributed by atoms with Gasteiger partial charge in [-0.2, -0.15) is 0 Å². The quantitative estimate of drug-likeness (QED) is 0.853. The van der Waals surface area contributed by atoms with E-state index >= 15 is 0 Å². The Kier molecular flexibility index (Phi) is 2.52. The molecule has 3 nitrogen and oxygen atoms in total. The van der Waals surface area contributed by atoms with Gasteiger partial charge in [0.15, 0.2) is 5.16 Å². The summed E-state index contributed by atoms with van der Waals surface area (Å²) in [6, 6.07) is 0. The highest BCUT2D eigenvalue weighted by molar-refractivity contribution is 7.80. The Hall–Kier alpha value is -0.810. The minimum Gasteiger partial charge on any atom is -0.267 e. The Morgan fingerprint density at radius 2 is 2.00 bits per heavy atom. The van der Waals surface area contributed by atoms with Crippen molar-refractivity contribution in [1.29, 1.82) is 0 Å². The molecule has 18 heavy (non-hydrogen) atoms. The molecule has 0 unspecified atom stereocenters. The van der Waals surface area contributed by atoms with Crippen molar-refractivity contribution in [1.82, 2.24) is 14.8 Å². The Morgan fingerprint density at radius 1 is 1.22 bits per heavy atom. The molecule has 1 fully saturated rings. The number of hydrogen-bond donors (Lipinski definition) is 1. The standard InChI is InChI=1S/C13H15N3S2/c17-13-15-14-7-16(13)12-10-4-2-1-3-9(10)11(18-12)8-5-6-8/h7-8H,1-6H2,(H,15,17). The second-order valence-electron chi connectivity index (χ2n) is 5.21. The zero-order valence-corrected chi connectivity index (χ0v) is 11.8. The third kappa shape index (κ3) is 1.64. The molecule has 2 heterocycles. The first-order valence-electron chi connectivity index (χ1n) is 6.58. The van der Waals surface area contributed by atoms with E-state index in [9.17, 15) is 0 Å². The fourth-order valence-electron chi connectivity index (χ4n) is 2.88. The van der Waals surface area contributed by atoms with Gasteiger partial charge in [0.25, 0.3) is 0 Å². The van der Waals surface area contributed by atoms with Crippen LogP contribution in [0.3, 0.4) is 0 Å². The minimum absolute atomic E-state index is 0.701. The summed E-state index contributed by atoms with van der Waals surface area (Å²) in [6.07, 6.45) is 9.68. The van der Waals surface area contributed by atoms with E-state index in [1.54, 1.807) is 22.3 Å². The van der Waals surface area contributed by atoms with Crippen molar-refractivity contribution in [2.75, 3.05) is 0 Å². The van der Waals surface area contributed by atoms with E-state index in [1.165, 1.54) is 43.5 Å². The lowest BCUT2D eigenvalue weighted by molar-refractivity contribution is 0.680. The molecule has 2 aliphatic rings. The molecule has 0 amide bonds. The highest BCUT2D eigenvalue weighted by Crippen LogP contribution is 2.49. The van der Waals surface area contributed by atoms with Crippen LogP contribution in [-0.2, 0) is 12.8 Å². The van der Waals surface area contributed by atoms with Crippen LogP contribution in [0.25, 0.3) is 5.00 Å². The zero-order valence-electron chi connectivity index (χ0n) is 10.1. The number of aromatic nitrogens is 3. The van der Waals surface area contributed by atoms with Crippen molar-refractivity contribution in [2.24, 2.45) is 0 Å². The third-order valence-corrected chi connectivity index (χ3v) is 5.67. The van der Waals surface area contributed by atoms with Gasteiger partial charge in [-0.05, 0) is 55.6 Å². The molecule has 0 N–H and O–H groups in total. The smallest absolute Gasteiger partial charge is 0.193 e. The zero-order chi connectivity index (χ0) is 12.1. The van der Waals surface area contributed by atoms with Crippen LogP contribution >= 0.6 is 24.0 Å². The molecule has 2 aromatic rings. The van der Waals surface area contributed by atoms with Crippen molar-refractivity contribution in [3.05, 3.63) is 22.3 Å². The summed E-state index contributed by atoms with van der Waals surface area (Å²) in [5, 5.41) is 9.98. The van der Waals surface area contributed by atoms with Gasteiger partial charge in [0.05, 0.1) is 0 Å². The first kappa shape index (κ1) is 11.1. The maximum atomic E-state index is 4.40. The largest absolute Gasteiger partial charge is 0.267 e. The van der Waals surface area contributed by atoms with E-state index in [0.717, 1.165) is 5.92 Å². The summed E-state index contributed by atoms with van der Waals surface area (Å²) in [7, 11) is 0. The fourth-order valence-corrected chi connectivity index (χ4v) is 4.69. The van der Waals surface area contributed by atoms with Crippen molar-refractivity contribution in [2.45, 2.75) is 49.6 Å². The Labute approximate surface area is 116 Å². The Morgan fingerprint density at radius 3 is 2.67 bits per heavy atom. The number of thiol groups is 1. The number of fused-ring (bicyclic) bond motifs is 1. The predicted octanol–water partition coefficient (Wildman–Crippen LogP) is 3.37. The van der Waals surface area contributed by atoms with Crippen LogP contribution in [0.15, 0.2) is 11.5 Å². The number of nitrogens with zero attached hydrogens (tertiary/aromatic N) is 3. The first-order chi connectivity index (χ1) is 8.84. The van der Waals surface area contributed by atoms with E-state index in [1.807, 2.05) is 15.9 Å². The average molecular weight is 277 g/mol. The Bertz CT molecular complexity index is 595. The van der Waals surface area contributed by atoms with Gasteiger partial charge < -0.3 is 0 Å². The maximum absolute atomic E-state index is 4.40. The molecule has 1 saturated carbocycles. The monoisotopic (exact) mass is 277 g/mol. The van der Waals surface area contributed by atoms with Gasteiger partial charge in [-0.3, -0.25) is 4.57 Å². The van der Waals surface area contributed by atoms with E-state index in [0.29, 0.717) is 5.16 Å². The molecule has 0 atom stereocenters. The molecular formula is C13H15N3S2. The van der Waals surface area contributed by atoms with Gasteiger partial charge in [0, 0.05) is 4.88 Å². The molecule has 0 spiro atoms. The van der Waals surface area contributed by atoms with Crippen LogP contribution in [0, 0.1) is 0 Å². The summed E-state index contributed by atoms with van der Waals surface area (Å²) in [5.74, 6) is 0.843. The summed E-state index contributed by atoms with van der Waals surface area (Å²) in [6.45, 7) is 0. The molecule has 0 radical (unpaired) electrons. The van der Waals surface area contributed by atoms with E-state index in [-0.39, 0.29) is 0 Å². The second kappa shape index (κ2) is 4.10. The number of thiophene rings is 1. The maximum Gasteiger partial charge on any atom is 0.193 e. The highest BCUT2D eigenvalue weighted by Gasteiger charge is 2.32. The molecular weight excluding hydrogens is 262 g/mol. The van der Waals surface area contributed by atoms with Crippen LogP contribution in [0.5, 0.6) is 0 Å². The molecule has 0 aliphatic heterocycles. The van der Waals surface area contributed by atoms with Gasteiger partial charge >= 0.3 is 0 Å². The fraction of sp³-hybridized carbons (Fsp3) is 0.538. The average Bonchev–Trinajstić information content (AvgIpc) is 3.04. The van der Waals surface area contributed by atoms with Crippen molar-refractivity contribution in [3.63, 3.8) is 0 Å². The van der Waals surface area contributed by atoms with E-state index < -0.39 is 0 Å². The first-order valence-corrected chi connectivity index (χ1v) is 7.85. The lowest BCUT2D eigenvalue weighted by atomic mass is 9.92. The highest BCUT2D eigenvalue weighted by atomic mass is 32.1. The van der Waals surface area contributed by atoms with Gasteiger partial charge in [-0.25, -0.2) is 0 Å². The van der Waals surface area contributed by atoms with E-state index in [4.69, 9.17) is 0 Å². The van der Waals surface area contributed by atoms with Gasteiger partial charge in [-0.15, -0.1) is 34.2 Å². The lowest BCUT2D eigenvalue weighted by Crippen LogP contribution is -2.04. The summed E-state index contributed by atoms with van der Waals surface area (Å²) in [5.41, 5.74) is 3.19. The Balaban J connectivity index is 1.90. The van der Waals surface area contributed by atoms with Crippen LogP contribution in [-0.4, -0.2) is 14.8 Å². The molecule has 0 bridgehead atoms. The van der Waals surface area contributed by atoms with Crippen molar-refractivity contribution in [3.8, 4) is 5.00 Å². The molecule has 0 aromatic carbocycles. The van der Waals surface area contributed by atoms with Crippen molar-refractivity contribution >= 4 is 24.0 Å². The minimum atomic E-state index is 0.701. The van der Waals surface area contributed by atoms with Gasteiger partial charge in [0.2, 0.25) is 0 Å². The molecule has 2 aromatic heterocycles. The third-order valence-electron chi connectivity index (χ3n) is 3.93. The predicted molar refractivity (Wildman–Crippen MR) is 75.1 cm³/mol. The topological polar surface area (TPSA) is 30.7 Å². The van der Waals surface area contributed by atoms with Gasteiger partial charge in [-0.1, -0.05) is 0 Å². The SMILES string of the molecule is Sc1nncn1-c1sc(C2CC2)c2c1CCCC2. The normalized spacial score (nSPS) is 18.9. The van der Waals surface area contributed by atoms with E-state index in [2.05, 4.69) is 22.8 Å². The van der Waals surface area contributed by atoms with Gasteiger partial charge in [0.1, 0.15) is 11.3 Å². The summed E-state index contributed by atoms with van der Waals surface area (Å²) >= 11 is 6.35. The summed E-state index contributed by atoms with van der Waals surface area (Å²) < 4.78 is 2.05.